The van der Waals surface area contributed by atoms with E-state index in [-0.39, 0.29) is 0 Å². The van der Waals surface area contributed by atoms with Gasteiger partial charge in [-0.2, -0.15) is 5.10 Å². The topological polar surface area (TPSA) is 44.8 Å². The van der Waals surface area contributed by atoms with E-state index < -0.39 is 0 Å². The second kappa shape index (κ2) is 7.05. The van der Waals surface area contributed by atoms with Gasteiger partial charge in [-0.05, 0) is 57.7 Å². The van der Waals surface area contributed by atoms with E-state index in [9.17, 15) is 0 Å². The number of nitrogens with one attached hydrogen (secondary N) is 1. The van der Waals surface area contributed by atoms with E-state index in [1.165, 1.54) is 37.1 Å². The van der Waals surface area contributed by atoms with E-state index in [0.717, 1.165) is 31.0 Å². The summed E-state index contributed by atoms with van der Waals surface area (Å²) in [6.45, 7) is 7.71. The summed E-state index contributed by atoms with van der Waals surface area (Å²) in [6, 6.07) is 9.01. The molecule has 1 aliphatic heterocycles. The number of hydrogen-bond donors (Lipinski definition) is 1. The van der Waals surface area contributed by atoms with Crippen molar-refractivity contribution in [3.8, 4) is 0 Å². The summed E-state index contributed by atoms with van der Waals surface area (Å²) in [7, 11) is 0. The van der Waals surface area contributed by atoms with Crippen LogP contribution in [0.3, 0.4) is 0 Å². The van der Waals surface area contributed by atoms with Crippen molar-refractivity contribution in [1.29, 1.82) is 0 Å². The van der Waals surface area contributed by atoms with Gasteiger partial charge in [0.2, 0.25) is 0 Å². The van der Waals surface area contributed by atoms with Crippen LogP contribution in [0.2, 0.25) is 0 Å². The molecule has 1 atom stereocenters. The smallest absolute Gasteiger partial charge is 0.150 e. The molecule has 118 valence electrons. The maximum absolute atomic E-state index is 4.38. The number of aryl methyl sites for hydroxylation is 3. The first-order chi connectivity index (χ1) is 10.7. The zero-order chi connectivity index (χ0) is 15.4. The molecule has 1 N–H and O–H groups in total. The summed E-state index contributed by atoms with van der Waals surface area (Å²) < 4.78 is 0. The maximum atomic E-state index is 4.38. The summed E-state index contributed by atoms with van der Waals surface area (Å²) in [5, 5.41) is 7.13. The fraction of sp³-hybridized carbons (Fsp3) is 0.556. The van der Waals surface area contributed by atoms with Crippen molar-refractivity contribution < 1.29 is 0 Å². The first kappa shape index (κ1) is 15.2. The van der Waals surface area contributed by atoms with Crippen molar-refractivity contribution in [3.63, 3.8) is 0 Å². The molecule has 3 rings (SSSR count). The van der Waals surface area contributed by atoms with Gasteiger partial charge in [-0.3, -0.25) is 5.10 Å². The molecule has 0 radical (unpaired) electrons. The Morgan fingerprint density at radius 1 is 1.32 bits per heavy atom. The van der Waals surface area contributed by atoms with Crippen LogP contribution < -0.4 is 0 Å². The molecule has 22 heavy (non-hydrogen) atoms. The lowest BCUT2D eigenvalue weighted by molar-refractivity contribution is 0.205. The number of rotatable bonds is 5. The van der Waals surface area contributed by atoms with E-state index in [0.29, 0.717) is 5.92 Å². The van der Waals surface area contributed by atoms with Crippen LogP contribution >= 0.6 is 0 Å². The van der Waals surface area contributed by atoms with E-state index >= 15 is 0 Å². The highest BCUT2D eigenvalue weighted by atomic mass is 15.2. The summed E-state index contributed by atoms with van der Waals surface area (Å²) in [5.41, 5.74) is 2.88. The number of aromatic amines is 1. The van der Waals surface area contributed by atoms with Crippen molar-refractivity contribution in [2.45, 2.75) is 45.4 Å². The second-order valence-corrected chi connectivity index (χ2v) is 6.49. The van der Waals surface area contributed by atoms with E-state index in [1.54, 1.807) is 0 Å². The number of piperidine rings is 1. The molecule has 1 unspecified atom stereocenters. The molecule has 1 aliphatic rings. The summed E-state index contributed by atoms with van der Waals surface area (Å²) in [4.78, 5) is 6.99. The minimum Gasteiger partial charge on any atom is -0.303 e. The Bertz CT molecular complexity index is 605. The van der Waals surface area contributed by atoms with Gasteiger partial charge in [-0.25, -0.2) is 4.98 Å². The Morgan fingerprint density at radius 3 is 3.00 bits per heavy atom. The Hall–Kier alpha value is -1.68. The monoisotopic (exact) mass is 298 g/mol. The molecule has 0 aliphatic carbocycles. The first-order valence-electron chi connectivity index (χ1n) is 8.37. The molecule has 1 fully saturated rings. The first-order valence-corrected chi connectivity index (χ1v) is 8.37. The third-order valence-corrected chi connectivity index (χ3v) is 4.54. The molecule has 2 aromatic rings. The Kier molecular flexibility index (Phi) is 4.88. The number of nitrogens with zero attached hydrogens (tertiary/aromatic N) is 3. The molecule has 4 heteroatoms. The molecule has 0 spiro atoms. The largest absolute Gasteiger partial charge is 0.303 e. The summed E-state index contributed by atoms with van der Waals surface area (Å²) >= 11 is 0. The molecule has 0 amide bonds. The molecule has 0 saturated carbocycles. The van der Waals surface area contributed by atoms with Crippen LogP contribution in [0.25, 0.3) is 0 Å². The molecule has 1 aromatic carbocycles. The quantitative estimate of drug-likeness (QED) is 0.921. The highest BCUT2D eigenvalue weighted by Gasteiger charge is 2.21. The number of H-pyrrole nitrogens is 1. The zero-order valence-corrected chi connectivity index (χ0v) is 13.7. The van der Waals surface area contributed by atoms with Crippen LogP contribution in [-0.2, 0) is 6.42 Å². The van der Waals surface area contributed by atoms with Crippen LogP contribution in [0.15, 0.2) is 24.3 Å². The average molecular weight is 298 g/mol. The fourth-order valence-electron chi connectivity index (χ4n) is 3.42. The van der Waals surface area contributed by atoms with Crippen molar-refractivity contribution >= 4 is 0 Å². The maximum Gasteiger partial charge on any atom is 0.150 e. The van der Waals surface area contributed by atoms with Crippen molar-refractivity contribution in [3.05, 3.63) is 47.0 Å². The lowest BCUT2D eigenvalue weighted by atomic mass is 9.90. The summed E-state index contributed by atoms with van der Waals surface area (Å²) in [6.07, 6.45) is 4.73. The molecule has 4 nitrogen and oxygen atoms in total. The third kappa shape index (κ3) is 3.95. The van der Waals surface area contributed by atoms with Crippen molar-refractivity contribution in [2.24, 2.45) is 0 Å². The highest BCUT2D eigenvalue weighted by Crippen LogP contribution is 2.27. The van der Waals surface area contributed by atoms with Crippen LogP contribution in [0.1, 0.15) is 48.0 Å². The van der Waals surface area contributed by atoms with Gasteiger partial charge in [0.25, 0.3) is 0 Å². The van der Waals surface area contributed by atoms with Gasteiger partial charge >= 0.3 is 0 Å². The van der Waals surface area contributed by atoms with E-state index in [2.05, 4.69) is 51.3 Å². The van der Waals surface area contributed by atoms with E-state index in [4.69, 9.17) is 0 Å². The van der Waals surface area contributed by atoms with E-state index in [1.807, 2.05) is 6.92 Å². The van der Waals surface area contributed by atoms with Gasteiger partial charge in [0, 0.05) is 13.0 Å². The van der Waals surface area contributed by atoms with Crippen LogP contribution in [0, 0.1) is 13.8 Å². The SMILES string of the molecule is Cc1cccc(C2CCCN(CCCc3n[nH]c(C)n3)C2)c1. The highest BCUT2D eigenvalue weighted by molar-refractivity contribution is 5.26. The van der Waals surface area contributed by atoms with Gasteiger partial charge in [0.1, 0.15) is 5.82 Å². The van der Waals surface area contributed by atoms with Crippen molar-refractivity contribution in [2.75, 3.05) is 19.6 Å². The normalized spacial score (nSPS) is 19.5. The third-order valence-electron chi connectivity index (χ3n) is 4.54. The predicted molar refractivity (Wildman–Crippen MR) is 89.0 cm³/mol. The predicted octanol–water partition coefficient (Wildman–Crippen LogP) is 3.23. The Morgan fingerprint density at radius 2 is 2.23 bits per heavy atom. The molecular weight excluding hydrogens is 272 g/mol. The zero-order valence-electron chi connectivity index (χ0n) is 13.7. The number of likely N-dealkylation sites (tertiary alicyclic amines) is 1. The van der Waals surface area contributed by atoms with Crippen LogP contribution in [-0.4, -0.2) is 39.7 Å². The molecular formula is C18H26N4. The lowest BCUT2D eigenvalue weighted by Crippen LogP contribution is -2.35. The second-order valence-electron chi connectivity index (χ2n) is 6.49. The van der Waals surface area contributed by atoms with Crippen LogP contribution in [0.4, 0.5) is 0 Å². The number of hydrogen-bond acceptors (Lipinski definition) is 3. The number of aromatic nitrogens is 3. The average Bonchev–Trinajstić information content (AvgIpc) is 2.93. The molecule has 2 heterocycles. The van der Waals surface area contributed by atoms with Gasteiger partial charge in [0.05, 0.1) is 0 Å². The number of benzene rings is 1. The standard InChI is InChI=1S/C18H26N4/c1-14-6-3-7-16(12-14)17-8-4-10-22(13-17)11-5-9-18-19-15(2)20-21-18/h3,6-7,12,17H,4-5,8-11,13H2,1-2H3,(H,19,20,21). The Balaban J connectivity index is 1.50. The summed E-state index contributed by atoms with van der Waals surface area (Å²) in [5.74, 6) is 2.55. The van der Waals surface area contributed by atoms with Crippen LogP contribution in [0.5, 0.6) is 0 Å². The lowest BCUT2D eigenvalue weighted by Gasteiger charge is -2.33. The Labute approximate surface area is 133 Å². The molecule has 1 aromatic heterocycles. The fourth-order valence-corrected chi connectivity index (χ4v) is 3.42. The van der Waals surface area contributed by atoms with Crippen molar-refractivity contribution in [1.82, 2.24) is 20.1 Å². The molecule has 0 bridgehead atoms. The van der Waals surface area contributed by atoms with Gasteiger partial charge in [-0.15, -0.1) is 0 Å². The van der Waals surface area contributed by atoms with Gasteiger partial charge < -0.3 is 4.90 Å². The minimum absolute atomic E-state index is 0.694. The molecule has 1 saturated heterocycles. The minimum atomic E-state index is 0.694. The van der Waals surface area contributed by atoms with Gasteiger partial charge in [-0.1, -0.05) is 29.8 Å². The van der Waals surface area contributed by atoms with Gasteiger partial charge in [0.15, 0.2) is 5.82 Å².